The summed E-state index contributed by atoms with van der Waals surface area (Å²) >= 11 is 1.42. The molecule has 0 radical (unpaired) electrons. The third-order valence-corrected chi connectivity index (χ3v) is 6.88. The van der Waals surface area contributed by atoms with E-state index in [4.69, 9.17) is 0 Å². The molecule has 160 valence electrons. The summed E-state index contributed by atoms with van der Waals surface area (Å²) in [6.45, 7) is 5.88. The highest BCUT2D eigenvalue weighted by Gasteiger charge is 2.26. The standard InChI is InChI=1S/C21H24FN3O3S2/c1-13(2)10-19(21(26)23-12-15-4-6-16(22)7-5-15)25-30(27,28)17-8-9-18-20(11-17)29-14(3)24-18/h4-9,11,13,19,25H,10,12H2,1-3H3,(H,23,26). The number of nitrogens with zero attached hydrogens (tertiary/aromatic N) is 1. The zero-order valence-corrected chi connectivity index (χ0v) is 18.6. The number of sulfonamides is 1. The van der Waals surface area contributed by atoms with Crippen LogP contribution < -0.4 is 10.0 Å². The number of carbonyl (C=O) groups is 1. The quantitative estimate of drug-likeness (QED) is 0.548. The van der Waals surface area contributed by atoms with Gasteiger partial charge in [0.2, 0.25) is 15.9 Å². The van der Waals surface area contributed by atoms with E-state index in [1.165, 1.54) is 29.5 Å². The predicted molar refractivity (Wildman–Crippen MR) is 116 cm³/mol. The molecule has 0 aliphatic heterocycles. The van der Waals surface area contributed by atoms with Gasteiger partial charge in [0, 0.05) is 6.54 Å². The second-order valence-electron chi connectivity index (χ2n) is 7.51. The number of hydrogen-bond donors (Lipinski definition) is 2. The van der Waals surface area contributed by atoms with Crippen LogP contribution in [0.5, 0.6) is 0 Å². The number of aromatic nitrogens is 1. The summed E-state index contributed by atoms with van der Waals surface area (Å²) in [7, 11) is -3.90. The van der Waals surface area contributed by atoms with Crippen LogP contribution in [0.25, 0.3) is 10.2 Å². The first-order valence-corrected chi connectivity index (χ1v) is 11.9. The van der Waals surface area contributed by atoms with Crippen molar-refractivity contribution in [3.05, 3.63) is 58.9 Å². The van der Waals surface area contributed by atoms with Gasteiger partial charge in [0.1, 0.15) is 11.9 Å². The summed E-state index contributed by atoms with van der Waals surface area (Å²) in [6, 6.07) is 9.58. The zero-order valence-electron chi connectivity index (χ0n) is 17.0. The number of rotatable bonds is 8. The van der Waals surface area contributed by atoms with E-state index in [0.29, 0.717) is 6.42 Å². The van der Waals surface area contributed by atoms with Gasteiger partial charge in [-0.3, -0.25) is 4.79 Å². The molecular weight excluding hydrogens is 425 g/mol. The molecule has 0 aliphatic rings. The van der Waals surface area contributed by atoms with Crippen molar-refractivity contribution in [1.29, 1.82) is 0 Å². The van der Waals surface area contributed by atoms with Gasteiger partial charge in [-0.2, -0.15) is 4.72 Å². The van der Waals surface area contributed by atoms with Gasteiger partial charge >= 0.3 is 0 Å². The van der Waals surface area contributed by atoms with Crippen LogP contribution in [0, 0.1) is 18.7 Å². The maximum atomic E-state index is 13.0. The van der Waals surface area contributed by atoms with E-state index in [1.54, 1.807) is 24.3 Å². The number of halogens is 1. The van der Waals surface area contributed by atoms with Gasteiger partial charge in [0.15, 0.2) is 0 Å². The SMILES string of the molecule is Cc1nc2ccc(S(=O)(=O)NC(CC(C)C)C(=O)NCc3ccc(F)cc3)cc2s1. The van der Waals surface area contributed by atoms with E-state index in [2.05, 4.69) is 15.0 Å². The molecule has 0 fully saturated rings. The fourth-order valence-electron chi connectivity index (χ4n) is 3.04. The maximum absolute atomic E-state index is 13.0. The van der Waals surface area contributed by atoms with Crippen LogP contribution in [0.2, 0.25) is 0 Å². The Hall–Kier alpha value is -2.36. The number of fused-ring (bicyclic) bond motifs is 1. The van der Waals surface area contributed by atoms with Crippen molar-refractivity contribution in [2.24, 2.45) is 5.92 Å². The molecule has 1 aromatic heterocycles. The van der Waals surface area contributed by atoms with E-state index < -0.39 is 22.0 Å². The molecule has 30 heavy (non-hydrogen) atoms. The summed E-state index contributed by atoms with van der Waals surface area (Å²) in [5.74, 6) is -0.684. The van der Waals surface area contributed by atoms with Crippen molar-refractivity contribution >= 4 is 37.5 Å². The van der Waals surface area contributed by atoms with Gasteiger partial charge in [-0.25, -0.2) is 17.8 Å². The molecule has 0 spiro atoms. The highest BCUT2D eigenvalue weighted by atomic mass is 32.2. The molecule has 3 aromatic rings. The lowest BCUT2D eigenvalue weighted by atomic mass is 10.0. The van der Waals surface area contributed by atoms with Crippen LogP contribution in [0.4, 0.5) is 4.39 Å². The average Bonchev–Trinajstić information content (AvgIpc) is 3.05. The maximum Gasteiger partial charge on any atom is 0.241 e. The number of carbonyl (C=O) groups excluding carboxylic acids is 1. The molecular formula is C21H24FN3O3S2. The lowest BCUT2D eigenvalue weighted by Gasteiger charge is -2.20. The van der Waals surface area contributed by atoms with Gasteiger partial charge in [-0.05, 0) is 55.2 Å². The smallest absolute Gasteiger partial charge is 0.241 e. The number of amides is 1. The molecule has 1 atom stereocenters. The molecule has 1 amide bonds. The first-order chi connectivity index (χ1) is 14.1. The number of aryl methyl sites for hydroxylation is 1. The molecule has 9 heteroatoms. The summed E-state index contributed by atoms with van der Waals surface area (Å²) in [5, 5.41) is 3.59. The van der Waals surface area contributed by atoms with Gasteiger partial charge in [0.25, 0.3) is 0 Å². The normalized spacial score (nSPS) is 13.0. The number of hydrogen-bond acceptors (Lipinski definition) is 5. The van der Waals surface area contributed by atoms with Gasteiger partial charge < -0.3 is 5.32 Å². The summed E-state index contributed by atoms with van der Waals surface area (Å²) in [5.41, 5.74) is 1.47. The average molecular weight is 450 g/mol. The van der Waals surface area contributed by atoms with Crippen molar-refractivity contribution < 1.29 is 17.6 Å². The van der Waals surface area contributed by atoms with E-state index in [0.717, 1.165) is 20.8 Å². The summed E-state index contributed by atoms with van der Waals surface area (Å²) in [4.78, 5) is 17.2. The third-order valence-electron chi connectivity index (χ3n) is 4.48. The van der Waals surface area contributed by atoms with E-state index in [-0.39, 0.29) is 23.2 Å². The Balaban J connectivity index is 1.76. The molecule has 0 saturated carbocycles. The largest absolute Gasteiger partial charge is 0.351 e. The van der Waals surface area contributed by atoms with Crippen LogP contribution in [-0.4, -0.2) is 25.4 Å². The third kappa shape index (κ3) is 5.62. The van der Waals surface area contributed by atoms with Gasteiger partial charge in [-0.1, -0.05) is 26.0 Å². The Labute approximate surface area is 179 Å². The highest BCUT2D eigenvalue weighted by molar-refractivity contribution is 7.89. The second kappa shape index (κ2) is 9.20. The lowest BCUT2D eigenvalue weighted by molar-refractivity contribution is -0.123. The fraction of sp³-hybridized carbons (Fsp3) is 0.333. The van der Waals surface area contributed by atoms with Crippen molar-refractivity contribution in [3.63, 3.8) is 0 Å². The van der Waals surface area contributed by atoms with Crippen LogP contribution in [0.15, 0.2) is 47.4 Å². The zero-order chi connectivity index (χ0) is 21.9. The van der Waals surface area contributed by atoms with E-state index >= 15 is 0 Å². The monoisotopic (exact) mass is 449 g/mol. The minimum Gasteiger partial charge on any atom is -0.351 e. The topological polar surface area (TPSA) is 88.2 Å². The molecule has 2 aromatic carbocycles. The van der Waals surface area contributed by atoms with Crippen LogP contribution in [0.3, 0.4) is 0 Å². The fourth-order valence-corrected chi connectivity index (χ4v) is 5.21. The van der Waals surface area contributed by atoms with Crippen LogP contribution in [-0.2, 0) is 21.4 Å². The molecule has 6 nitrogen and oxygen atoms in total. The Morgan fingerprint density at radius 3 is 2.53 bits per heavy atom. The molecule has 0 aliphatic carbocycles. The van der Waals surface area contributed by atoms with Crippen molar-refractivity contribution in [2.75, 3.05) is 0 Å². The molecule has 1 heterocycles. The molecule has 3 rings (SSSR count). The van der Waals surface area contributed by atoms with Crippen molar-refractivity contribution in [3.8, 4) is 0 Å². The van der Waals surface area contributed by atoms with Crippen molar-refractivity contribution in [1.82, 2.24) is 15.0 Å². The second-order valence-corrected chi connectivity index (χ2v) is 10.5. The first kappa shape index (κ1) is 22.3. The number of nitrogens with one attached hydrogen (secondary N) is 2. The minimum absolute atomic E-state index is 0.0961. The molecule has 2 N–H and O–H groups in total. The number of thiazole rings is 1. The lowest BCUT2D eigenvalue weighted by Crippen LogP contribution is -2.47. The predicted octanol–water partition coefficient (Wildman–Crippen LogP) is 3.75. The van der Waals surface area contributed by atoms with Crippen molar-refractivity contribution in [2.45, 2.75) is 44.7 Å². The molecule has 1 unspecified atom stereocenters. The van der Waals surface area contributed by atoms with Gasteiger partial charge in [0.05, 0.1) is 20.1 Å². The Morgan fingerprint density at radius 1 is 1.17 bits per heavy atom. The Kier molecular flexibility index (Phi) is 6.84. The number of benzene rings is 2. The first-order valence-electron chi connectivity index (χ1n) is 9.56. The Morgan fingerprint density at radius 2 is 1.87 bits per heavy atom. The van der Waals surface area contributed by atoms with E-state index in [9.17, 15) is 17.6 Å². The van der Waals surface area contributed by atoms with Crippen LogP contribution >= 0.6 is 11.3 Å². The molecule has 0 saturated heterocycles. The summed E-state index contributed by atoms with van der Waals surface area (Å²) in [6.07, 6.45) is 0.344. The Bertz CT molecular complexity index is 1140. The van der Waals surface area contributed by atoms with Crippen LogP contribution in [0.1, 0.15) is 30.8 Å². The van der Waals surface area contributed by atoms with Gasteiger partial charge in [-0.15, -0.1) is 11.3 Å². The highest BCUT2D eigenvalue weighted by Crippen LogP contribution is 2.25. The molecule has 0 bridgehead atoms. The van der Waals surface area contributed by atoms with E-state index in [1.807, 2.05) is 20.8 Å². The minimum atomic E-state index is -3.90. The summed E-state index contributed by atoms with van der Waals surface area (Å²) < 4.78 is 42.2.